The second-order valence-corrected chi connectivity index (χ2v) is 3.64. The van der Waals surface area contributed by atoms with Crippen LogP contribution in [0.25, 0.3) is 0 Å². The molecule has 0 aliphatic carbocycles. The maximum Gasteiger partial charge on any atom is 0.203 e. The summed E-state index contributed by atoms with van der Waals surface area (Å²) in [5, 5.41) is 0.0429. The van der Waals surface area contributed by atoms with Gasteiger partial charge >= 0.3 is 0 Å². The number of hydrogen-bond acceptors (Lipinski definition) is 2. The first-order valence-electron chi connectivity index (χ1n) is 4.68. The molecule has 0 aliphatic heterocycles. The third-order valence-corrected chi connectivity index (χ3v) is 2.52. The molecule has 16 heavy (non-hydrogen) atoms. The number of rotatable bonds is 3. The number of halogens is 2. The lowest BCUT2D eigenvalue weighted by atomic mass is 10.1. The first-order valence-corrected chi connectivity index (χ1v) is 5.06. The summed E-state index contributed by atoms with van der Waals surface area (Å²) >= 11 is 5.66. The Morgan fingerprint density at radius 3 is 2.69 bits per heavy atom. The van der Waals surface area contributed by atoms with E-state index in [1.807, 2.05) is 0 Å². The summed E-state index contributed by atoms with van der Waals surface area (Å²) in [7, 11) is 0. The van der Waals surface area contributed by atoms with Crippen molar-refractivity contribution < 1.29 is 13.6 Å². The number of benzene rings is 1. The van der Waals surface area contributed by atoms with Gasteiger partial charge < -0.3 is 4.42 Å². The molecule has 0 atom stereocenters. The van der Waals surface area contributed by atoms with E-state index in [4.69, 9.17) is 16.0 Å². The van der Waals surface area contributed by atoms with E-state index < -0.39 is 5.82 Å². The van der Waals surface area contributed by atoms with E-state index in [2.05, 4.69) is 0 Å². The highest BCUT2D eigenvalue weighted by Gasteiger charge is 2.15. The molecule has 0 fully saturated rings. The Morgan fingerprint density at radius 1 is 1.31 bits per heavy atom. The maximum atomic E-state index is 13.3. The van der Waals surface area contributed by atoms with Gasteiger partial charge in [-0.1, -0.05) is 18.2 Å². The van der Waals surface area contributed by atoms with Crippen LogP contribution >= 0.6 is 11.6 Å². The van der Waals surface area contributed by atoms with Gasteiger partial charge in [0.25, 0.3) is 0 Å². The van der Waals surface area contributed by atoms with Crippen LogP contribution in [0.1, 0.15) is 15.9 Å². The van der Waals surface area contributed by atoms with Gasteiger partial charge in [-0.05, 0) is 29.3 Å². The normalized spacial score (nSPS) is 10.4. The van der Waals surface area contributed by atoms with Gasteiger partial charge in [-0.15, -0.1) is 0 Å². The van der Waals surface area contributed by atoms with Crippen molar-refractivity contribution >= 4 is 17.4 Å². The molecule has 1 aromatic heterocycles. The van der Waals surface area contributed by atoms with Crippen LogP contribution < -0.4 is 0 Å². The van der Waals surface area contributed by atoms with Crippen LogP contribution in [-0.2, 0) is 6.42 Å². The minimum Gasteiger partial charge on any atom is -0.452 e. The summed E-state index contributed by atoms with van der Waals surface area (Å²) < 4.78 is 18.1. The summed E-state index contributed by atoms with van der Waals surface area (Å²) in [5.74, 6) is -0.653. The molecule has 1 aromatic carbocycles. The molecule has 4 heteroatoms. The van der Waals surface area contributed by atoms with Crippen molar-refractivity contribution in [2.45, 2.75) is 6.42 Å². The molecule has 0 amide bonds. The molecule has 0 unspecified atom stereocenters. The first kappa shape index (κ1) is 10.9. The van der Waals surface area contributed by atoms with Crippen LogP contribution in [0, 0.1) is 5.82 Å². The Kier molecular flexibility index (Phi) is 3.06. The van der Waals surface area contributed by atoms with Crippen LogP contribution in [0.4, 0.5) is 4.39 Å². The monoisotopic (exact) mass is 238 g/mol. The minimum absolute atomic E-state index is 0.0219. The molecule has 0 saturated carbocycles. The predicted octanol–water partition coefficient (Wildman–Crippen LogP) is 3.50. The van der Waals surface area contributed by atoms with E-state index in [0.717, 1.165) is 0 Å². The Morgan fingerprint density at radius 2 is 2.06 bits per heavy atom. The van der Waals surface area contributed by atoms with Crippen LogP contribution in [0.2, 0.25) is 5.22 Å². The van der Waals surface area contributed by atoms with Gasteiger partial charge in [-0.3, -0.25) is 4.79 Å². The van der Waals surface area contributed by atoms with Gasteiger partial charge in [0.1, 0.15) is 5.82 Å². The Hall–Kier alpha value is -1.61. The van der Waals surface area contributed by atoms with Crippen molar-refractivity contribution in [3.05, 3.63) is 58.8 Å². The van der Waals surface area contributed by atoms with E-state index >= 15 is 0 Å². The Bertz CT molecular complexity index is 519. The molecule has 2 rings (SSSR count). The first-order chi connectivity index (χ1) is 7.68. The standard InChI is InChI=1S/C12H8ClFO2/c13-12-9(5-6-16-12)11(15)7-8-3-1-2-4-10(8)14/h1-6H,7H2. The maximum absolute atomic E-state index is 13.3. The fourth-order valence-electron chi connectivity index (χ4n) is 1.40. The lowest BCUT2D eigenvalue weighted by Crippen LogP contribution is -2.04. The van der Waals surface area contributed by atoms with E-state index in [-0.39, 0.29) is 23.0 Å². The highest BCUT2D eigenvalue weighted by Crippen LogP contribution is 2.19. The SMILES string of the molecule is O=C(Cc1ccccc1F)c1ccoc1Cl. The third-order valence-electron chi connectivity index (χ3n) is 2.23. The number of ketones is 1. The van der Waals surface area contributed by atoms with Crippen molar-refractivity contribution in [2.24, 2.45) is 0 Å². The van der Waals surface area contributed by atoms with Crippen LogP contribution in [0.5, 0.6) is 0 Å². The highest BCUT2D eigenvalue weighted by molar-refractivity contribution is 6.32. The minimum atomic E-state index is -0.393. The summed E-state index contributed by atoms with van der Waals surface area (Å²) in [6.45, 7) is 0. The quantitative estimate of drug-likeness (QED) is 0.766. The van der Waals surface area contributed by atoms with E-state index in [0.29, 0.717) is 5.56 Å². The average molecular weight is 239 g/mol. The summed E-state index contributed by atoms with van der Waals surface area (Å²) in [5.41, 5.74) is 0.634. The molecule has 0 saturated heterocycles. The molecule has 0 bridgehead atoms. The van der Waals surface area contributed by atoms with Gasteiger partial charge in [0.15, 0.2) is 5.78 Å². The third kappa shape index (κ3) is 2.14. The number of carbonyl (C=O) groups is 1. The Balaban J connectivity index is 2.21. The Labute approximate surface area is 96.6 Å². The van der Waals surface area contributed by atoms with Crippen LogP contribution in [0.3, 0.4) is 0 Å². The summed E-state index contributed by atoms with van der Waals surface area (Å²) in [6, 6.07) is 7.63. The molecule has 1 heterocycles. The van der Waals surface area contributed by atoms with Crippen LogP contribution in [0.15, 0.2) is 41.0 Å². The number of furan rings is 1. The largest absolute Gasteiger partial charge is 0.452 e. The highest BCUT2D eigenvalue weighted by atomic mass is 35.5. The molecular weight excluding hydrogens is 231 g/mol. The predicted molar refractivity (Wildman–Crippen MR) is 58.2 cm³/mol. The molecule has 2 aromatic rings. The van der Waals surface area contributed by atoms with Gasteiger partial charge in [0.2, 0.25) is 5.22 Å². The second-order valence-electron chi connectivity index (χ2n) is 3.30. The number of hydrogen-bond donors (Lipinski definition) is 0. The zero-order valence-electron chi connectivity index (χ0n) is 8.24. The second kappa shape index (κ2) is 4.49. The lowest BCUT2D eigenvalue weighted by Gasteiger charge is -2.00. The molecular formula is C12H8ClFO2. The van der Waals surface area contributed by atoms with Crippen molar-refractivity contribution in [3.8, 4) is 0 Å². The van der Waals surface area contributed by atoms with Gasteiger partial charge in [-0.25, -0.2) is 4.39 Å². The molecule has 0 aliphatic rings. The molecule has 0 N–H and O–H groups in total. The van der Waals surface area contributed by atoms with Gasteiger partial charge in [0.05, 0.1) is 11.8 Å². The molecule has 0 radical (unpaired) electrons. The van der Waals surface area contributed by atoms with E-state index in [1.54, 1.807) is 18.2 Å². The van der Waals surface area contributed by atoms with E-state index in [9.17, 15) is 9.18 Å². The summed E-state index contributed by atoms with van der Waals surface area (Å²) in [4.78, 5) is 11.7. The summed E-state index contributed by atoms with van der Waals surface area (Å²) in [6.07, 6.45) is 1.31. The van der Waals surface area contributed by atoms with Crippen molar-refractivity contribution in [2.75, 3.05) is 0 Å². The smallest absolute Gasteiger partial charge is 0.203 e. The van der Waals surface area contributed by atoms with Gasteiger partial charge in [0, 0.05) is 6.42 Å². The fourth-order valence-corrected chi connectivity index (χ4v) is 1.62. The molecule has 2 nitrogen and oxygen atoms in total. The van der Waals surface area contributed by atoms with Crippen molar-refractivity contribution in [1.29, 1.82) is 0 Å². The van der Waals surface area contributed by atoms with Crippen LogP contribution in [-0.4, -0.2) is 5.78 Å². The fraction of sp³-hybridized carbons (Fsp3) is 0.0833. The number of Topliss-reactive ketones (excluding diaryl/α,β-unsaturated/α-hetero) is 1. The number of carbonyl (C=O) groups excluding carboxylic acids is 1. The van der Waals surface area contributed by atoms with Gasteiger partial charge in [-0.2, -0.15) is 0 Å². The zero-order valence-corrected chi connectivity index (χ0v) is 9.00. The lowest BCUT2D eigenvalue weighted by molar-refractivity contribution is 0.0991. The molecule has 82 valence electrons. The van der Waals surface area contributed by atoms with Crippen molar-refractivity contribution in [1.82, 2.24) is 0 Å². The zero-order chi connectivity index (χ0) is 11.5. The average Bonchev–Trinajstić information content (AvgIpc) is 2.68. The molecule has 0 spiro atoms. The van der Waals surface area contributed by atoms with E-state index in [1.165, 1.54) is 18.4 Å². The topological polar surface area (TPSA) is 30.2 Å². The van der Waals surface area contributed by atoms with Crippen molar-refractivity contribution in [3.63, 3.8) is 0 Å².